The van der Waals surface area contributed by atoms with Gasteiger partial charge in [0.15, 0.2) is 0 Å². The number of benzene rings is 1. The largest absolute Gasteiger partial charge is 0.550 e. The number of allylic oxidation sites excluding steroid dienone is 2. The Morgan fingerprint density at radius 2 is 1.77 bits per heavy atom. The first-order valence-corrected chi connectivity index (χ1v) is 7.85. The first-order chi connectivity index (χ1) is 10.6. The summed E-state index contributed by atoms with van der Waals surface area (Å²) in [4.78, 5) is 23.6. The highest BCUT2D eigenvalue weighted by Crippen LogP contribution is 2.47. The van der Waals surface area contributed by atoms with Crippen molar-refractivity contribution in [3.05, 3.63) is 47.0 Å². The molecule has 1 N–H and O–H groups in total. The molecule has 1 aromatic carbocycles. The van der Waals surface area contributed by atoms with Gasteiger partial charge in [-0.25, -0.2) is 0 Å². The lowest BCUT2D eigenvalue weighted by molar-refractivity contribution is -0.313. The Morgan fingerprint density at radius 1 is 1.14 bits per heavy atom. The summed E-state index contributed by atoms with van der Waals surface area (Å²) in [6.07, 6.45) is 5.31. The van der Waals surface area contributed by atoms with E-state index in [1.165, 1.54) is 0 Å². The number of carbonyl (C=O) groups excluding carboxylic acids is 2. The van der Waals surface area contributed by atoms with Crippen molar-refractivity contribution in [3.63, 3.8) is 0 Å². The summed E-state index contributed by atoms with van der Waals surface area (Å²) in [7, 11) is 0. The second-order valence-electron chi connectivity index (χ2n) is 5.99. The van der Waals surface area contributed by atoms with Crippen LogP contribution in [0.3, 0.4) is 0 Å². The molecule has 1 saturated carbocycles. The SMILES string of the molecule is O=C(NCCc1ccc(Cl)cc1)[C@@H]1[C@@H](C(=O)[O-])[C@H]2C=C[C@@H]1C2. The Morgan fingerprint density at radius 3 is 2.41 bits per heavy atom. The van der Waals surface area contributed by atoms with Crippen molar-refractivity contribution < 1.29 is 14.7 Å². The molecule has 4 atom stereocenters. The molecule has 1 fully saturated rings. The molecule has 116 valence electrons. The monoisotopic (exact) mass is 318 g/mol. The summed E-state index contributed by atoms with van der Waals surface area (Å²) in [6.45, 7) is 0.484. The normalized spacial score (nSPS) is 28.8. The zero-order valence-electron chi connectivity index (χ0n) is 12.0. The molecule has 2 bridgehead atoms. The topological polar surface area (TPSA) is 69.2 Å². The number of rotatable bonds is 5. The Bertz CT molecular complexity index is 611. The maximum Gasteiger partial charge on any atom is 0.224 e. The fourth-order valence-corrected chi connectivity index (χ4v) is 3.73. The van der Waals surface area contributed by atoms with Crippen LogP contribution in [0.4, 0.5) is 0 Å². The van der Waals surface area contributed by atoms with Gasteiger partial charge in [-0.3, -0.25) is 4.79 Å². The van der Waals surface area contributed by atoms with Crippen molar-refractivity contribution in [1.29, 1.82) is 0 Å². The van der Waals surface area contributed by atoms with Crippen LogP contribution in [0.25, 0.3) is 0 Å². The smallest absolute Gasteiger partial charge is 0.224 e. The van der Waals surface area contributed by atoms with E-state index in [0.717, 1.165) is 12.0 Å². The fourth-order valence-electron chi connectivity index (χ4n) is 3.60. The number of aliphatic carboxylic acids is 1. The molecular formula is C17H17ClNO3-. The third-order valence-corrected chi connectivity index (χ3v) is 4.91. The van der Waals surface area contributed by atoms with Gasteiger partial charge in [0.1, 0.15) is 0 Å². The van der Waals surface area contributed by atoms with E-state index in [2.05, 4.69) is 5.32 Å². The van der Waals surface area contributed by atoms with Crippen LogP contribution in [0.15, 0.2) is 36.4 Å². The molecule has 0 spiro atoms. The number of carboxylic acids is 1. The lowest BCUT2D eigenvalue weighted by Gasteiger charge is -2.27. The van der Waals surface area contributed by atoms with Crippen LogP contribution in [0, 0.1) is 23.7 Å². The van der Waals surface area contributed by atoms with Crippen molar-refractivity contribution in [2.75, 3.05) is 6.54 Å². The van der Waals surface area contributed by atoms with E-state index in [9.17, 15) is 14.7 Å². The van der Waals surface area contributed by atoms with Gasteiger partial charge in [-0.05, 0) is 42.4 Å². The molecule has 1 aromatic rings. The van der Waals surface area contributed by atoms with E-state index in [1.807, 2.05) is 36.4 Å². The number of nitrogens with one attached hydrogen (secondary N) is 1. The van der Waals surface area contributed by atoms with Crippen LogP contribution < -0.4 is 10.4 Å². The quantitative estimate of drug-likeness (QED) is 0.829. The van der Waals surface area contributed by atoms with Crippen LogP contribution in [-0.2, 0) is 16.0 Å². The zero-order chi connectivity index (χ0) is 15.7. The molecule has 4 nitrogen and oxygen atoms in total. The highest BCUT2D eigenvalue weighted by atomic mass is 35.5. The van der Waals surface area contributed by atoms with E-state index < -0.39 is 17.8 Å². The highest BCUT2D eigenvalue weighted by molar-refractivity contribution is 6.30. The lowest BCUT2D eigenvalue weighted by atomic mass is 9.82. The average molecular weight is 319 g/mol. The second-order valence-corrected chi connectivity index (χ2v) is 6.42. The molecule has 0 heterocycles. The maximum atomic E-state index is 12.3. The molecular weight excluding hydrogens is 302 g/mol. The number of hydrogen-bond acceptors (Lipinski definition) is 3. The Labute approximate surface area is 134 Å². The molecule has 2 aliphatic carbocycles. The predicted octanol–water partition coefficient (Wildman–Crippen LogP) is 1.19. The molecule has 3 rings (SSSR count). The fraction of sp³-hybridized carbons (Fsp3) is 0.412. The summed E-state index contributed by atoms with van der Waals surface area (Å²) in [5, 5.41) is 14.8. The van der Waals surface area contributed by atoms with Gasteiger partial charge in [-0.15, -0.1) is 0 Å². The maximum absolute atomic E-state index is 12.3. The summed E-state index contributed by atoms with van der Waals surface area (Å²) >= 11 is 5.83. The van der Waals surface area contributed by atoms with Crippen molar-refractivity contribution in [3.8, 4) is 0 Å². The van der Waals surface area contributed by atoms with Crippen LogP contribution >= 0.6 is 11.6 Å². The molecule has 1 amide bonds. The molecule has 2 aliphatic rings. The van der Waals surface area contributed by atoms with Gasteiger partial charge in [-0.1, -0.05) is 35.9 Å². The van der Waals surface area contributed by atoms with Crippen LogP contribution in [0.2, 0.25) is 5.02 Å². The number of halogens is 1. The summed E-state index contributed by atoms with van der Waals surface area (Å²) in [5.41, 5.74) is 1.08. The zero-order valence-corrected chi connectivity index (χ0v) is 12.8. The van der Waals surface area contributed by atoms with Crippen LogP contribution in [0.1, 0.15) is 12.0 Å². The van der Waals surface area contributed by atoms with Gasteiger partial charge in [0.05, 0.1) is 5.92 Å². The molecule has 0 saturated heterocycles. The minimum Gasteiger partial charge on any atom is -0.550 e. The van der Waals surface area contributed by atoms with E-state index in [-0.39, 0.29) is 17.7 Å². The van der Waals surface area contributed by atoms with Gasteiger partial charge >= 0.3 is 0 Å². The van der Waals surface area contributed by atoms with E-state index in [0.29, 0.717) is 18.0 Å². The van der Waals surface area contributed by atoms with Gasteiger partial charge in [0.25, 0.3) is 0 Å². The number of fused-ring (bicyclic) bond motifs is 2. The molecule has 0 radical (unpaired) electrons. The van der Waals surface area contributed by atoms with Crippen LogP contribution in [0.5, 0.6) is 0 Å². The second kappa shape index (κ2) is 6.13. The molecule has 0 aromatic heterocycles. The van der Waals surface area contributed by atoms with E-state index >= 15 is 0 Å². The third kappa shape index (κ3) is 2.88. The van der Waals surface area contributed by atoms with Crippen molar-refractivity contribution >= 4 is 23.5 Å². The van der Waals surface area contributed by atoms with Crippen LogP contribution in [-0.4, -0.2) is 18.4 Å². The summed E-state index contributed by atoms with van der Waals surface area (Å²) < 4.78 is 0. The molecule has 22 heavy (non-hydrogen) atoms. The van der Waals surface area contributed by atoms with Crippen molar-refractivity contribution in [2.45, 2.75) is 12.8 Å². The third-order valence-electron chi connectivity index (χ3n) is 4.66. The predicted molar refractivity (Wildman–Crippen MR) is 80.9 cm³/mol. The number of carbonyl (C=O) groups is 2. The van der Waals surface area contributed by atoms with E-state index in [4.69, 9.17) is 11.6 Å². The van der Waals surface area contributed by atoms with Gasteiger partial charge in [0, 0.05) is 23.5 Å². The number of carboxylic acid groups (broad SMARTS) is 1. The Balaban J connectivity index is 1.56. The Kier molecular flexibility index (Phi) is 4.21. The standard InChI is InChI=1S/C17H18ClNO3/c18-13-5-1-10(2-6-13)7-8-19-16(20)14-11-3-4-12(9-11)15(14)17(21)22/h1-6,11-12,14-15H,7-9H2,(H,19,20)(H,21,22)/p-1/t11-,12+,14+,15+/m1/s1. The lowest BCUT2D eigenvalue weighted by Crippen LogP contribution is -2.45. The van der Waals surface area contributed by atoms with Crippen molar-refractivity contribution in [1.82, 2.24) is 5.32 Å². The Hall–Kier alpha value is -1.81. The van der Waals surface area contributed by atoms with Gasteiger partial charge in [0.2, 0.25) is 5.91 Å². The highest BCUT2D eigenvalue weighted by Gasteiger charge is 2.48. The van der Waals surface area contributed by atoms with E-state index in [1.54, 1.807) is 0 Å². The summed E-state index contributed by atoms with van der Waals surface area (Å²) in [6, 6.07) is 7.45. The number of hydrogen-bond donors (Lipinski definition) is 1. The molecule has 0 unspecified atom stereocenters. The minimum absolute atomic E-state index is 0.0310. The molecule has 0 aliphatic heterocycles. The molecule has 5 heteroatoms. The summed E-state index contributed by atoms with van der Waals surface area (Å²) in [5.74, 6) is -2.50. The minimum atomic E-state index is -1.12. The van der Waals surface area contributed by atoms with Gasteiger partial charge in [-0.2, -0.15) is 0 Å². The first kappa shape index (κ1) is 15.1. The first-order valence-electron chi connectivity index (χ1n) is 7.47. The van der Waals surface area contributed by atoms with Gasteiger partial charge < -0.3 is 15.2 Å². The number of amides is 1. The van der Waals surface area contributed by atoms with Crippen molar-refractivity contribution in [2.24, 2.45) is 23.7 Å². The average Bonchev–Trinajstić information content (AvgIpc) is 3.09.